The summed E-state index contributed by atoms with van der Waals surface area (Å²) in [6.07, 6.45) is 0.0310. The van der Waals surface area contributed by atoms with Crippen LogP contribution in [0.3, 0.4) is 0 Å². The second-order valence-corrected chi connectivity index (χ2v) is 6.36. The van der Waals surface area contributed by atoms with E-state index in [1.807, 2.05) is 0 Å². The zero-order chi connectivity index (χ0) is 17.5. The molecule has 7 nitrogen and oxygen atoms in total. The Labute approximate surface area is 144 Å². The fourth-order valence-corrected chi connectivity index (χ4v) is 3.33. The average molecular weight is 352 g/mol. The lowest BCUT2D eigenvalue weighted by molar-refractivity contribution is -0.146. The number of anilines is 1. The number of amides is 2. The van der Waals surface area contributed by atoms with Crippen molar-refractivity contribution in [3.63, 3.8) is 0 Å². The summed E-state index contributed by atoms with van der Waals surface area (Å²) < 4.78 is 9.98. The topological polar surface area (TPSA) is 93.7 Å². The lowest BCUT2D eigenvalue weighted by Crippen LogP contribution is -2.51. The van der Waals surface area contributed by atoms with Crippen molar-refractivity contribution < 1.29 is 23.9 Å². The summed E-state index contributed by atoms with van der Waals surface area (Å²) in [6, 6.07) is 6.32. The lowest BCUT2D eigenvalue weighted by atomic mass is 10.2. The third kappa shape index (κ3) is 4.89. The standard InChI is InChI=1S/C16H20N2O5S/c1-3-23-16(21)12-9-24-13(15(20)18-12)8-14(19)17-10-5-4-6-11(7-10)22-2/h4-7,12-13H,3,8-9H2,1-2H3,(H,17,19)(H,18,20)/t12-,13-/m1/s1. The molecule has 1 aliphatic rings. The van der Waals surface area contributed by atoms with E-state index >= 15 is 0 Å². The van der Waals surface area contributed by atoms with Crippen LogP contribution < -0.4 is 15.4 Å². The fraction of sp³-hybridized carbons (Fsp3) is 0.438. The molecule has 0 aliphatic carbocycles. The highest BCUT2D eigenvalue weighted by molar-refractivity contribution is 8.00. The highest BCUT2D eigenvalue weighted by Gasteiger charge is 2.34. The molecular formula is C16H20N2O5S. The van der Waals surface area contributed by atoms with Crippen molar-refractivity contribution in [2.24, 2.45) is 0 Å². The minimum absolute atomic E-state index is 0.0310. The molecule has 8 heteroatoms. The molecular weight excluding hydrogens is 332 g/mol. The Kier molecular flexibility index (Phi) is 6.48. The number of esters is 1. The number of methoxy groups -OCH3 is 1. The van der Waals surface area contributed by atoms with Gasteiger partial charge in [0.05, 0.1) is 19.0 Å². The Balaban J connectivity index is 1.86. The van der Waals surface area contributed by atoms with E-state index in [0.29, 0.717) is 17.2 Å². The van der Waals surface area contributed by atoms with Gasteiger partial charge in [-0.15, -0.1) is 11.8 Å². The zero-order valence-electron chi connectivity index (χ0n) is 13.5. The smallest absolute Gasteiger partial charge is 0.329 e. The molecule has 130 valence electrons. The summed E-state index contributed by atoms with van der Waals surface area (Å²) in [5.41, 5.74) is 0.602. The maximum Gasteiger partial charge on any atom is 0.329 e. The molecule has 1 saturated heterocycles. The number of rotatable bonds is 6. The van der Waals surface area contributed by atoms with Gasteiger partial charge in [-0.2, -0.15) is 0 Å². The first-order valence-electron chi connectivity index (χ1n) is 7.56. The van der Waals surface area contributed by atoms with Crippen molar-refractivity contribution >= 4 is 35.2 Å². The van der Waals surface area contributed by atoms with Gasteiger partial charge in [0.1, 0.15) is 11.8 Å². The van der Waals surface area contributed by atoms with Gasteiger partial charge in [-0.25, -0.2) is 4.79 Å². The minimum Gasteiger partial charge on any atom is -0.497 e. The molecule has 0 aromatic heterocycles. The van der Waals surface area contributed by atoms with Gasteiger partial charge in [-0.1, -0.05) is 6.07 Å². The molecule has 1 aromatic carbocycles. The fourth-order valence-electron chi connectivity index (χ4n) is 2.20. The summed E-state index contributed by atoms with van der Waals surface area (Å²) in [5, 5.41) is 4.81. The van der Waals surface area contributed by atoms with Crippen LogP contribution in [0.15, 0.2) is 24.3 Å². The van der Waals surface area contributed by atoms with Crippen LogP contribution in [0.2, 0.25) is 0 Å². The van der Waals surface area contributed by atoms with E-state index in [1.54, 1.807) is 38.3 Å². The maximum atomic E-state index is 12.1. The Morgan fingerprint density at radius 3 is 2.88 bits per heavy atom. The van der Waals surface area contributed by atoms with Crippen LogP contribution in [0, 0.1) is 0 Å². The molecule has 1 aromatic rings. The van der Waals surface area contributed by atoms with Gasteiger partial charge >= 0.3 is 5.97 Å². The van der Waals surface area contributed by atoms with E-state index in [1.165, 1.54) is 11.8 Å². The predicted molar refractivity (Wildman–Crippen MR) is 91.1 cm³/mol. The van der Waals surface area contributed by atoms with Crippen molar-refractivity contribution in [3.8, 4) is 5.75 Å². The van der Waals surface area contributed by atoms with Gasteiger partial charge in [0, 0.05) is 23.9 Å². The van der Waals surface area contributed by atoms with Gasteiger partial charge < -0.3 is 20.1 Å². The summed E-state index contributed by atoms with van der Waals surface area (Å²) in [6.45, 7) is 1.98. The Bertz CT molecular complexity index is 622. The summed E-state index contributed by atoms with van der Waals surface area (Å²) in [5.74, 6) is -0.0233. The molecule has 0 spiro atoms. The number of nitrogens with one attached hydrogen (secondary N) is 2. The van der Waals surface area contributed by atoms with Gasteiger partial charge in [-0.3, -0.25) is 9.59 Å². The molecule has 24 heavy (non-hydrogen) atoms. The number of thioether (sulfide) groups is 1. The molecule has 1 fully saturated rings. The molecule has 0 saturated carbocycles. The van der Waals surface area contributed by atoms with Gasteiger partial charge in [0.15, 0.2) is 0 Å². The van der Waals surface area contributed by atoms with Crippen LogP contribution >= 0.6 is 11.8 Å². The number of hydrogen-bond donors (Lipinski definition) is 2. The largest absolute Gasteiger partial charge is 0.497 e. The van der Waals surface area contributed by atoms with E-state index in [-0.39, 0.29) is 24.8 Å². The van der Waals surface area contributed by atoms with E-state index < -0.39 is 17.3 Å². The van der Waals surface area contributed by atoms with Crippen molar-refractivity contribution in [3.05, 3.63) is 24.3 Å². The lowest BCUT2D eigenvalue weighted by Gasteiger charge is -2.27. The normalized spacial score (nSPS) is 20.0. The van der Waals surface area contributed by atoms with E-state index in [4.69, 9.17) is 9.47 Å². The van der Waals surface area contributed by atoms with Crippen LogP contribution in [0.1, 0.15) is 13.3 Å². The first-order chi connectivity index (χ1) is 11.5. The summed E-state index contributed by atoms with van der Waals surface area (Å²) >= 11 is 1.28. The molecule has 0 radical (unpaired) electrons. The maximum absolute atomic E-state index is 12.1. The number of carbonyl (C=O) groups excluding carboxylic acids is 3. The monoisotopic (exact) mass is 352 g/mol. The average Bonchev–Trinajstić information content (AvgIpc) is 2.57. The Morgan fingerprint density at radius 2 is 2.21 bits per heavy atom. The van der Waals surface area contributed by atoms with Crippen molar-refractivity contribution in [1.29, 1.82) is 0 Å². The second kappa shape index (κ2) is 8.58. The highest BCUT2D eigenvalue weighted by Crippen LogP contribution is 2.23. The summed E-state index contributed by atoms with van der Waals surface area (Å²) in [7, 11) is 1.55. The SMILES string of the molecule is CCOC(=O)[C@H]1CS[C@H](CC(=O)Nc2cccc(OC)c2)C(=O)N1. The zero-order valence-corrected chi connectivity index (χ0v) is 14.4. The van der Waals surface area contributed by atoms with Gasteiger partial charge in [0.25, 0.3) is 0 Å². The third-order valence-electron chi connectivity index (χ3n) is 3.37. The number of carbonyl (C=O) groups is 3. The van der Waals surface area contributed by atoms with E-state index in [2.05, 4.69) is 10.6 Å². The third-order valence-corrected chi connectivity index (χ3v) is 4.68. The minimum atomic E-state index is -0.653. The number of hydrogen-bond acceptors (Lipinski definition) is 6. The van der Waals surface area contributed by atoms with Crippen molar-refractivity contribution in [2.45, 2.75) is 24.6 Å². The van der Waals surface area contributed by atoms with Crippen molar-refractivity contribution in [2.75, 3.05) is 24.8 Å². The molecule has 2 N–H and O–H groups in total. The molecule has 0 bridgehead atoms. The first-order valence-corrected chi connectivity index (χ1v) is 8.61. The Morgan fingerprint density at radius 1 is 1.42 bits per heavy atom. The van der Waals surface area contributed by atoms with Crippen molar-refractivity contribution in [1.82, 2.24) is 5.32 Å². The van der Waals surface area contributed by atoms with Crippen LogP contribution in [0.5, 0.6) is 5.75 Å². The second-order valence-electron chi connectivity index (χ2n) is 5.12. The van der Waals surface area contributed by atoms with Crippen LogP contribution in [-0.2, 0) is 19.1 Å². The quantitative estimate of drug-likeness (QED) is 0.747. The molecule has 2 atom stereocenters. The van der Waals surface area contributed by atoms with Crippen LogP contribution in [0.25, 0.3) is 0 Å². The number of benzene rings is 1. The molecule has 2 rings (SSSR count). The predicted octanol–water partition coefficient (Wildman–Crippen LogP) is 1.19. The molecule has 0 unspecified atom stereocenters. The summed E-state index contributed by atoms with van der Waals surface area (Å²) in [4.78, 5) is 35.8. The van der Waals surface area contributed by atoms with Crippen LogP contribution in [-0.4, -0.2) is 48.5 Å². The molecule has 2 amide bonds. The van der Waals surface area contributed by atoms with E-state index in [0.717, 1.165) is 0 Å². The Hall–Kier alpha value is -2.22. The highest BCUT2D eigenvalue weighted by atomic mass is 32.2. The van der Waals surface area contributed by atoms with Crippen LogP contribution in [0.4, 0.5) is 5.69 Å². The molecule has 1 aliphatic heterocycles. The van der Waals surface area contributed by atoms with Gasteiger partial charge in [0.2, 0.25) is 11.8 Å². The molecule has 1 heterocycles. The van der Waals surface area contributed by atoms with Gasteiger partial charge in [-0.05, 0) is 19.1 Å². The first kappa shape index (κ1) is 18.1. The van der Waals surface area contributed by atoms with E-state index in [9.17, 15) is 14.4 Å². The number of ether oxygens (including phenoxy) is 2.